The Balaban J connectivity index is 0.000000212. The maximum Gasteiger partial charge on any atom is 0.328 e. The Hall–Kier alpha value is -15.9. The van der Waals surface area contributed by atoms with Gasteiger partial charge in [-0.15, -0.1) is 0 Å². The Morgan fingerprint density at radius 3 is 0.972 bits per heavy atom. The van der Waals surface area contributed by atoms with Gasteiger partial charge in [0.25, 0.3) is 0 Å². The monoisotopic (exact) mass is 1990 g/mol. The predicted octanol–water partition coefficient (Wildman–Crippen LogP) is 4.76. The van der Waals surface area contributed by atoms with Crippen molar-refractivity contribution in [1.82, 2.24) is 98.1 Å². The fourth-order valence-electron chi connectivity index (χ4n) is 15.5. The van der Waals surface area contributed by atoms with Crippen LogP contribution in [0.4, 0.5) is 62.9 Å². The Labute approximate surface area is 839 Å². The number of hydrogen-bond donors (Lipinski definition) is 18. The van der Waals surface area contributed by atoms with Gasteiger partial charge in [-0.25, -0.2) is 33.6 Å². The SMILES string of the molecule is CCOC(=O)C1CCCN(C(=O)CNC(=O)NCc2ccc(N)cc2)C1.CN(Cc1ccccc1)C(=O)CNC(=O)NCc1ccc(N)cc1.COC(=O)[C@@H]1CCCN1C(=O)CNC(=O)NCc1ccc(N)cc1.Nc1ccc(CNC(=O)NCC(=O)N2CCCC(C(=O)N3CCCC3)C2)cc1.Nc1ccc(CNC(=O)NCC(=O)N2CCCCC2)cc1.Nc1ccc(CNC(=O)NCC(=O)N2CCOCC2)cc1. The molecule has 0 saturated carbocycles. The average Bonchev–Trinajstić information content (AvgIpc) is 1.72. The van der Waals surface area contributed by atoms with Gasteiger partial charge >= 0.3 is 48.1 Å². The zero-order valence-electron chi connectivity index (χ0n) is 82.3. The number of benzene rings is 7. The summed E-state index contributed by atoms with van der Waals surface area (Å²) in [6.07, 6.45) is 9.86. The topological polar surface area (TPSA) is 607 Å². The molecule has 7 aromatic rings. The minimum atomic E-state index is -0.554. The van der Waals surface area contributed by atoms with Gasteiger partial charge in [0.1, 0.15) is 6.04 Å². The number of morpholine rings is 1. The summed E-state index contributed by atoms with van der Waals surface area (Å²) >= 11 is 0. The van der Waals surface area contributed by atoms with Gasteiger partial charge in [0, 0.05) is 159 Å². The number of hydrogen-bond acceptors (Lipinski definition) is 24. The number of nitrogens with two attached hydrogens (primary N) is 6. The van der Waals surface area contributed by atoms with Crippen LogP contribution < -0.4 is 98.2 Å². The van der Waals surface area contributed by atoms with Crippen molar-refractivity contribution in [2.45, 2.75) is 129 Å². The molecule has 43 nitrogen and oxygen atoms in total. The lowest BCUT2D eigenvalue weighted by molar-refractivity contribution is -0.151. The fourth-order valence-corrected chi connectivity index (χ4v) is 15.5. The Morgan fingerprint density at radius 1 is 0.319 bits per heavy atom. The third kappa shape index (κ3) is 43.1. The number of likely N-dealkylation sites (tertiary alicyclic amines) is 5. The maximum absolute atomic E-state index is 12.6. The average molecular weight is 1990 g/mol. The lowest BCUT2D eigenvalue weighted by Crippen LogP contribution is -2.49. The number of nitrogens with zero attached hydrogens (tertiary/aromatic N) is 7. The number of likely N-dealkylation sites (N-methyl/N-ethyl adjacent to an activating group) is 1. The number of carbonyl (C=O) groups is 15. The van der Waals surface area contributed by atoms with E-state index >= 15 is 0 Å². The molecule has 7 aromatic carbocycles. The molecule has 6 fully saturated rings. The first-order valence-electron chi connectivity index (χ1n) is 48.3. The van der Waals surface area contributed by atoms with Gasteiger partial charge in [0.05, 0.1) is 78.0 Å². The summed E-state index contributed by atoms with van der Waals surface area (Å²) in [7, 11) is 3.01. The van der Waals surface area contributed by atoms with Crippen LogP contribution >= 0.6 is 0 Å². The van der Waals surface area contributed by atoms with Crippen LogP contribution in [-0.4, -0.2) is 275 Å². The van der Waals surface area contributed by atoms with E-state index in [0.717, 1.165) is 123 Å². The van der Waals surface area contributed by atoms with E-state index < -0.39 is 30.1 Å². The van der Waals surface area contributed by atoms with Crippen LogP contribution in [0.15, 0.2) is 176 Å². The summed E-state index contributed by atoms with van der Waals surface area (Å²) < 4.78 is 14.9. The molecular weight excluding hydrogens is 1850 g/mol. The lowest BCUT2D eigenvalue weighted by Gasteiger charge is -2.34. The van der Waals surface area contributed by atoms with E-state index in [9.17, 15) is 71.9 Å². The number of nitrogen functional groups attached to an aromatic ring is 6. The number of anilines is 6. The molecule has 0 aliphatic carbocycles. The number of methoxy groups -OCH3 is 1. The van der Waals surface area contributed by atoms with E-state index in [1.165, 1.54) is 18.4 Å². The van der Waals surface area contributed by atoms with Gasteiger partial charge in [-0.05, 0) is 189 Å². The van der Waals surface area contributed by atoms with Crippen molar-refractivity contribution < 1.29 is 86.1 Å². The second kappa shape index (κ2) is 62.3. The highest BCUT2D eigenvalue weighted by Crippen LogP contribution is 2.24. The zero-order chi connectivity index (χ0) is 104. The van der Waals surface area contributed by atoms with Gasteiger partial charge in [-0.3, -0.25) is 38.4 Å². The molecule has 0 aromatic heterocycles. The van der Waals surface area contributed by atoms with Crippen molar-refractivity contribution in [1.29, 1.82) is 0 Å². The molecule has 19 amide bonds. The number of carbonyl (C=O) groups excluding carboxylic acids is 15. The molecule has 13 rings (SSSR count). The summed E-state index contributed by atoms with van der Waals surface area (Å²) in [4.78, 5) is 191. The molecule has 24 N–H and O–H groups in total. The van der Waals surface area contributed by atoms with E-state index in [4.69, 9.17) is 48.6 Å². The van der Waals surface area contributed by atoms with Crippen molar-refractivity contribution in [2.24, 2.45) is 11.8 Å². The molecule has 6 aliphatic heterocycles. The quantitative estimate of drug-likeness (QED) is 0.0213. The van der Waals surface area contributed by atoms with Crippen molar-refractivity contribution >= 4 is 124 Å². The van der Waals surface area contributed by atoms with Crippen LogP contribution in [0.5, 0.6) is 0 Å². The molecular formula is C101H141N25O18. The third-order valence-electron chi connectivity index (χ3n) is 23.7. The smallest absolute Gasteiger partial charge is 0.328 e. The van der Waals surface area contributed by atoms with Gasteiger partial charge in [0.15, 0.2) is 0 Å². The van der Waals surface area contributed by atoms with Crippen LogP contribution in [0.2, 0.25) is 0 Å². The summed E-state index contributed by atoms with van der Waals surface area (Å²) in [6.45, 7) is 12.5. The normalized spacial score (nSPS) is 15.5. The molecule has 3 atom stereocenters. The van der Waals surface area contributed by atoms with Crippen LogP contribution in [-0.2, 0) is 103 Å². The van der Waals surface area contributed by atoms with E-state index in [1.807, 2.05) is 113 Å². The summed E-state index contributed by atoms with van der Waals surface area (Å²) in [6, 6.07) is 50.0. The van der Waals surface area contributed by atoms with Gasteiger partial charge in [-0.2, -0.15) is 0 Å². The highest BCUT2D eigenvalue weighted by atomic mass is 16.5. The molecule has 6 aliphatic rings. The van der Waals surface area contributed by atoms with Gasteiger partial charge in [-0.1, -0.05) is 103 Å². The number of rotatable bonds is 30. The molecule has 144 heavy (non-hydrogen) atoms. The Bertz CT molecular complexity index is 5140. The first-order valence-corrected chi connectivity index (χ1v) is 48.3. The zero-order valence-corrected chi connectivity index (χ0v) is 82.3. The molecule has 6 heterocycles. The Morgan fingerprint density at radius 2 is 0.618 bits per heavy atom. The molecule has 2 unspecified atom stereocenters. The highest BCUT2D eigenvalue weighted by Gasteiger charge is 2.36. The van der Waals surface area contributed by atoms with Crippen LogP contribution in [0, 0.1) is 11.8 Å². The van der Waals surface area contributed by atoms with Crippen molar-refractivity contribution in [3.05, 3.63) is 215 Å². The minimum absolute atomic E-state index is 0.00638. The van der Waals surface area contributed by atoms with Crippen LogP contribution in [0.1, 0.15) is 116 Å². The summed E-state index contributed by atoms with van der Waals surface area (Å²) in [5.74, 6) is -1.84. The van der Waals surface area contributed by atoms with Crippen LogP contribution in [0.3, 0.4) is 0 Å². The second-order valence-electron chi connectivity index (χ2n) is 34.7. The van der Waals surface area contributed by atoms with E-state index in [0.29, 0.717) is 152 Å². The molecule has 0 spiro atoms. The highest BCUT2D eigenvalue weighted by molar-refractivity contribution is 5.90. The maximum atomic E-state index is 12.6. The fraction of sp³-hybridized carbons (Fsp3) is 0.436. The lowest BCUT2D eigenvalue weighted by atomic mass is 9.96. The first-order chi connectivity index (χ1) is 69.4. The summed E-state index contributed by atoms with van der Waals surface area (Å²) in [5.41, 5.74) is 44.3. The number of urea groups is 6. The van der Waals surface area contributed by atoms with E-state index in [-0.39, 0.29) is 117 Å². The molecule has 0 bridgehead atoms. The molecule has 0 radical (unpaired) electrons. The molecule has 6 saturated heterocycles. The van der Waals surface area contributed by atoms with Gasteiger partial charge < -0.3 is 147 Å². The number of piperidine rings is 3. The minimum Gasteiger partial charge on any atom is -0.467 e. The van der Waals surface area contributed by atoms with Crippen molar-refractivity contribution in [3.63, 3.8) is 0 Å². The summed E-state index contributed by atoms with van der Waals surface area (Å²) in [5, 5.41) is 31.5. The number of ether oxygens (including phenoxy) is 3. The van der Waals surface area contributed by atoms with Crippen molar-refractivity contribution in [3.8, 4) is 0 Å². The predicted molar refractivity (Wildman–Crippen MR) is 545 cm³/mol. The standard InChI is InChI=1S/C20H29N5O3.C18H26N4O4.C18H22N4O2.C16H22N4O4.C15H22N4O2.C14H20N4O3/c21-17-7-5-15(6-8-17)12-22-20(28)23-13-18(26)25-11-3-4-16(14-25)19(27)24-9-1-2-10-24;1-2-26-17(24)14-4-3-9-22(12-14)16(23)11-21-18(25)20-10-13-5-7-15(19)8-6-13;1-22(13-15-5-3-2-4-6-15)17(23)12-21-18(24)20-11-14-7-9-16(19)10-8-14;1-24-15(22)13-3-2-8-20(13)14(21)10-19-16(23)18-9-11-4-6-12(17)7-5-11;16-13-6-4-12(5-7-13)10-17-15(21)18-11-14(20)19-8-2-1-3-9-19;15-12-3-1-11(2-4-12)9-16-14(20)17-10-13(19)18-5-7-21-8-6-18/h5-8,16H,1-4,9-14,21H2,(H2,22,23,28);5-8,14H,2-4,9-12,19H2,1H3,(H2,20,21,25);2-10H,11-13,19H2,1H3,(H2,20,21,24);4-7,13H,2-3,8-10,17H2,1H3,(H2,18,19,23);4-7H,1-3,8-11,16H2,(H2,17,18,21);1-4H,5-10,15H2,(H2,16,17,20)/t;;;13-;;/m...0../s1. The third-order valence-corrected chi connectivity index (χ3v) is 23.7. The van der Waals surface area contributed by atoms with Crippen LogP contribution in [0.25, 0.3) is 0 Å². The van der Waals surface area contributed by atoms with E-state index in [2.05, 4.69) is 63.8 Å². The Kier molecular flexibility index (Phi) is 49.1. The largest absolute Gasteiger partial charge is 0.467 e. The number of nitrogens with one attached hydrogen (secondary N) is 12. The van der Waals surface area contributed by atoms with Crippen molar-refractivity contribution in [2.75, 3.05) is 180 Å². The second-order valence-corrected chi connectivity index (χ2v) is 34.7. The van der Waals surface area contributed by atoms with Gasteiger partial charge in [0.2, 0.25) is 41.4 Å². The molecule has 778 valence electrons. The van der Waals surface area contributed by atoms with E-state index in [1.54, 1.807) is 106 Å². The number of amides is 19. The molecule has 43 heteroatoms. The number of esters is 2. The first kappa shape index (κ1) is 113.